The SMILES string of the molecule is Nc1ccn([C@H]2[CH]C(O)[C@@H](CO)O2)c(=O)n1. The summed E-state index contributed by atoms with van der Waals surface area (Å²) in [5, 5.41) is 18.4. The lowest BCUT2D eigenvalue weighted by Crippen LogP contribution is -2.28. The number of rotatable bonds is 2. The molecular formula is C9H12N3O4. The van der Waals surface area contributed by atoms with E-state index in [1.54, 1.807) is 0 Å². The molecule has 87 valence electrons. The minimum absolute atomic E-state index is 0.124. The van der Waals surface area contributed by atoms with Crippen LogP contribution in [0, 0.1) is 6.42 Å². The number of ether oxygens (including phenoxy) is 1. The number of aliphatic hydroxyl groups excluding tert-OH is 2. The molecule has 16 heavy (non-hydrogen) atoms. The first kappa shape index (κ1) is 11.1. The Kier molecular flexibility index (Phi) is 2.90. The van der Waals surface area contributed by atoms with Gasteiger partial charge in [0.25, 0.3) is 0 Å². The van der Waals surface area contributed by atoms with E-state index >= 15 is 0 Å². The zero-order valence-corrected chi connectivity index (χ0v) is 8.35. The first-order chi connectivity index (χ1) is 7.61. The molecule has 0 bridgehead atoms. The van der Waals surface area contributed by atoms with E-state index in [9.17, 15) is 9.90 Å². The smallest absolute Gasteiger partial charge is 0.351 e. The lowest BCUT2D eigenvalue weighted by Gasteiger charge is -2.13. The van der Waals surface area contributed by atoms with E-state index in [0.29, 0.717) is 0 Å². The standard InChI is InChI=1S/C9H12N3O4/c10-7-1-2-12(9(15)11-7)8-3-5(14)6(4-13)16-8/h1-3,5-6,8,13-14H,4H2,(H2,10,11,15)/t5?,6-,8-/m1/s1. The Labute approximate surface area is 91.1 Å². The van der Waals surface area contributed by atoms with Gasteiger partial charge in [-0.1, -0.05) is 0 Å². The van der Waals surface area contributed by atoms with Gasteiger partial charge in [0.15, 0.2) is 0 Å². The fourth-order valence-corrected chi connectivity index (χ4v) is 1.53. The van der Waals surface area contributed by atoms with E-state index in [4.69, 9.17) is 15.6 Å². The Morgan fingerprint density at radius 1 is 1.62 bits per heavy atom. The summed E-state index contributed by atoms with van der Waals surface area (Å²) in [6.07, 6.45) is 0.500. The minimum Gasteiger partial charge on any atom is -0.394 e. The Bertz CT molecular complexity index is 433. The Balaban J connectivity index is 2.23. The molecule has 7 heteroatoms. The minimum atomic E-state index is -0.903. The van der Waals surface area contributed by atoms with E-state index in [1.807, 2.05) is 0 Å². The molecule has 0 aliphatic carbocycles. The maximum absolute atomic E-state index is 11.5. The van der Waals surface area contributed by atoms with Crippen molar-refractivity contribution in [3.8, 4) is 0 Å². The number of anilines is 1. The van der Waals surface area contributed by atoms with Crippen LogP contribution in [-0.4, -0.2) is 38.6 Å². The van der Waals surface area contributed by atoms with Crippen LogP contribution in [0.15, 0.2) is 17.1 Å². The number of hydrogen-bond acceptors (Lipinski definition) is 6. The van der Waals surface area contributed by atoms with E-state index in [2.05, 4.69) is 4.98 Å². The van der Waals surface area contributed by atoms with Crippen molar-refractivity contribution >= 4 is 5.82 Å². The van der Waals surface area contributed by atoms with Gasteiger partial charge in [0.05, 0.1) is 12.7 Å². The van der Waals surface area contributed by atoms with Crippen molar-refractivity contribution in [2.24, 2.45) is 0 Å². The average Bonchev–Trinajstić information content (AvgIpc) is 2.59. The van der Waals surface area contributed by atoms with Crippen molar-refractivity contribution in [2.45, 2.75) is 18.4 Å². The molecule has 1 aliphatic heterocycles. The van der Waals surface area contributed by atoms with Gasteiger partial charge in [-0.2, -0.15) is 4.98 Å². The number of aliphatic hydroxyl groups is 2. The van der Waals surface area contributed by atoms with Crippen molar-refractivity contribution < 1.29 is 14.9 Å². The normalized spacial score (nSPS) is 29.5. The molecule has 1 aromatic heterocycles. The molecule has 4 N–H and O–H groups in total. The van der Waals surface area contributed by atoms with Gasteiger partial charge in [-0.15, -0.1) is 0 Å². The largest absolute Gasteiger partial charge is 0.394 e. The van der Waals surface area contributed by atoms with Gasteiger partial charge >= 0.3 is 5.69 Å². The van der Waals surface area contributed by atoms with Gasteiger partial charge in [-0.05, 0) is 6.07 Å². The molecule has 1 aliphatic rings. The molecule has 2 rings (SSSR count). The predicted molar refractivity (Wildman–Crippen MR) is 54.2 cm³/mol. The molecule has 3 atom stereocenters. The third kappa shape index (κ3) is 1.92. The number of nitrogen functional groups attached to an aromatic ring is 1. The van der Waals surface area contributed by atoms with Crippen LogP contribution < -0.4 is 11.4 Å². The molecule has 1 radical (unpaired) electrons. The summed E-state index contributed by atoms with van der Waals surface area (Å²) in [4.78, 5) is 15.0. The average molecular weight is 226 g/mol. The van der Waals surface area contributed by atoms with Crippen LogP contribution in [0.1, 0.15) is 6.23 Å². The van der Waals surface area contributed by atoms with Crippen LogP contribution in [0.4, 0.5) is 5.82 Å². The van der Waals surface area contributed by atoms with Crippen molar-refractivity contribution in [1.29, 1.82) is 0 Å². The monoisotopic (exact) mass is 226 g/mol. The maximum atomic E-state index is 11.5. The predicted octanol–water partition coefficient (Wildman–Crippen LogP) is -1.72. The van der Waals surface area contributed by atoms with Crippen LogP contribution in [0.3, 0.4) is 0 Å². The molecule has 0 amide bonds. The molecule has 7 nitrogen and oxygen atoms in total. The summed E-state index contributed by atoms with van der Waals surface area (Å²) in [5.74, 6) is 0.124. The Morgan fingerprint density at radius 2 is 2.38 bits per heavy atom. The third-order valence-electron chi connectivity index (χ3n) is 2.36. The van der Waals surface area contributed by atoms with Crippen molar-refractivity contribution in [2.75, 3.05) is 12.3 Å². The van der Waals surface area contributed by atoms with Gasteiger partial charge in [0.1, 0.15) is 18.1 Å². The highest BCUT2D eigenvalue weighted by molar-refractivity contribution is 5.23. The Morgan fingerprint density at radius 3 is 2.94 bits per heavy atom. The van der Waals surface area contributed by atoms with Crippen molar-refractivity contribution in [3.63, 3.8) is 0 Å². The number of hydrogen-bond donors (Lipinski definition) is 3. The third-order valence-corrected chi connectivity index (χ3v) is 2.36. The molecule has 0 spiro atoms. The molecule has 2 heterocycles. The first-order valence-electron chi connectivity index (χ1n) is 4.76. The second-order valence-corrected chi connectivity index (χ2v) is 3.47. The van der Waals surface area contributed by atoms with Crippen LogP contribution in [0.2, 0.25) is 0 Å². The van der Waals surface area contributed by atoms with Crippen molar-refractivity contribution in [1.82, 2.24) is 9.55 Å². The van der Waals surface area contributed by atoms with Crippen LogP contribution >= 0.6 is 0 Å². The van der Waals surface area contributed by atoms with E-state index in [1.165, 1.54) is 23.3 Å². The fraction of sp³-hybridized carbons (Fsp3) is 0.444. The van der Waals surface area contributed by atoms with Crippen LogP contribution in [0.25, 0.3) is 0 Å². The number of aromatic nitrogens is 2. The second-order valence-electron chi connectivity index (χ2n) is 3.47. The highest BCUT2D eigenvalue weighted by atomic mass is 16.5. The lowest BCUT2D eigenvalue weighted by molar-refractivity contribution is -0.0448. The molecular weight excluding hydrogens is 214 g/mol. The maximum Gasteiger partial charge on any atom is 0.351 e. The highest BCUT2D eigenvalue weighted by Crippen LogP contribution is 2.26. The topological polar surface area (TPSA) is 111 Å². The molecule has 1 fully saturated rings. The highest BCUT2D eigenvalue weighted by Gasteiger charge is 2.35. The summed E-state index contributed by atoms with van der Waals surface area (Å²) in [6.45, 7) is -0.314. The summed E-state index contributed by atoms with van der Waals surface area (Å²) in [5.41, 5.74) is 4.78. The summed E-state index contributed by atoms with van der Waals surface area (Å²) in [6, 6.07) is 1.46. The summed E-state index contributed by atoms with van der Waals surface area (Å²) >= 11 is 0. The Hall–Kier alpha value is -1.44. The fourth-order valence-electron chi connectivity index (χ4n) is 1.53. The molecule has 1 unspecified atom stereocenters. The number of nitrogens with two attached hydrogens (primary N) is 1. The second kappa shape index (κ2) is 4.20. The molecule has 1 saturated heterocycles. The molecule has 0 saturated carbocycles. The first-order valence-corrected chi connectivity index (χ1v) is 4.76. The zero-order chi connectivity index (χ0) is 11.7. The zero-order valence-electron chi connectivity index (χ0n) is 8.35. The van der Waals surface area contributed by atoms with E-state index < -0.39 is 24.1 Å². The van der Waals surface area contributed by atoms with Gasteiger partial charge in [0.2, 0.25) is 0 Å². The summed E-state index contributed by atoms with van der Waals surface area (Å²) < 4.78 is 6.45. The van der Waals surface area contributed by atoms with Crippen LogP contribution in [-0.2, 0) is 4.74 Å². The van der Waals surface area contributed by atoms with Gasteiger partial charge < -0.3 is 20.7 Å². The number of nitrogens with zero attached hydrogens (tertiary/aromatic N) is 2. The van der Waals surface area contributed by atoms with Crippen LogP contribution in [0.5, 0.6) is 0 Å². The van der Waals surface area contributed by atoms with E-state index in [0.717, 1.165) is 0 Å². The van der Waals surface area contributed by atoms with Gasteiger partial charge in [0, 0.05) is 12.6 Å². The lowest BCUT2D eigenvalue weighted by atomic mass is 10.2. The van der Waals surface area contributed by atoms with Gasteiger partial charge in [-0.3, -0.25) is 4.57 Å². The van der Waals surface area contributed by atoms with Crippen molar-refractivity contribution in [3.05, 3.63) is 29.2 Å². The summed E-state index contributed by atoms with van der Waals surface area (Å²) in [7, 11) is 0. The molecule has 1 aromatic rings. The molecule has 0 aromatic carbocycles. The quantitative estimate of drug-likeness (QED) is 0.553. The van der Waals surface area contributed by atoms with E-state index in [-0.39, 0.29) is 12.4 Å². The van der Waals surface area contributed by atoms with Gasteiger partial charge in [-0.25, -0.2) is 4.79 Å².